The summed E-state index contributed by atoms with van der Waals surface area (Å²) in [5, 5.41) is 14.2. The molecule has 1 aromatic heterocycles. The van der Waals surface area contributed by atoms with Gasteiger partial charge in [0, 0.05) is 6.54 Å². The SMILES string of the molecule is CCNc1c(F)cccc1C(=O)Nc1nnc(C)s1. The van der Waals surface area contributed by atoms with Crippen LogP contribution in [0.5, 0.6) is 0 Å². The van der Waals surface area contributed by atoms with Crippen molar-refractivity contribution in [1.29, 1.82) is 0 Å². The van der Waals surface area contributed by atoms with Crippen LogP contribution in [-0.2, 0) is 0 Å². The van der Waals surface area contributed by atoms with E-state index in [-0.39, 0.29) is 11.3 Å². The van der Waals surface area contributed by atoms with E-state index >= 15 is 0 Å². The molecule has 0 atom stereocenters. The molecule has 0 fully saturated rings. The van der Waals surface area contributed by atoms with Crippen LogP contribution in [0, 0.1) is 12.7 Å². The molecule has 0 aliphatic heterocycles. The summed E-state index contributed by atoms with van der Waals surface area (Å²) in [6.07, 6.45) is 0. The largest absolute Gasteiger partial charge is 0.382 e. The summed E-state index contributed by atoms with van der Waals surface area (Å²) in [5.74, 6) is -0.866. The minimum absolute atomic E-state index is 0.198. The lowest BCUT2D eigenvalue weighted by Crippen LogP contribution is -2.15. The summed E-state index contributed by atoms with van der Waals surface area (Å²) in [6.45, 7) is 4.15. The number of nitrogens with one attached hydrogen (secondary N) is 2. The van der Waals surface area contributed by atoms with E-state index in [2.05, 4.69) is 20.8 Å². The quantitative estimate of drug-likeness (QED) is 0.903. The van der Waals surface area contributed by atoms with Crippen molar-refractivity contribution < 1.29 is 9.18 Å². The van der Waals surface area contributed by atoms with E-state index in [9.17, 15) is 9.18 Å². The van der Waals surface area contributed by atoms with Crippen molar-refractivity contribution in [2.24, 2.45) is 0 Å². The Kier molecular flexibility index (Phi) is 4.06. The first-order chi connectivity index (χ1) is 9.11. The number of aromatic nitrogens is 2. The molecule has 0 aliphatic carbocycles. The van der Waals surface area contributed by atoms with Crippen LogP contribution in [0.4, 0.5) is 15.2 Å². The van der Waals surface area contributed by atoms with Crippen molar-refractivity contribution in [1.82, 2.24) is 10.2 Å². The number of hydrogen-bond acceptors (Lipinski definition) is 5. The minimum Gasteiger partial charge on any atom is -0.382 e. The highest BCUT2D eigenvalue weighted by Crippen LogP contribution is 2.22. The first-order valence-corrected chi connectivity index (χ1v) is 6.57. The molecule has 2 N–H and O–H groups in total. The Labute approximate surface area is 113 Å². The number of anilines is 2. The van der Waals surface area contributed by atoms with E-state index < -0.39 is 11.7 Å². The van der Waals surface area contributed by atoms with Gasteiger partial charge in [-0.2, -0.15) is 0 Å². The Morgan fingerprint density at radius 3 is 2.84 bits per heavy atom. The summed E-state index contributed by atoms with van der Waals surface area (Å²) in [5.41, 5.74) is 0.443. The second kappa shape index (κ2) is 5.75. The average Bonchev–Trinajstić information content (AvgIpc) is 2.77. The van der Waals surface area contributed by atoms with Crippen molar-refractivity contribution in [3.63, 3.8) is 0 Å². The van der Waals surface area contributed by atoms with Crippen LogP contribution < -0.4 is 10.6 Å². The van der Waals surface area contributed by atoms with Gasteiger partial charge in [0.15, 0.2) is 0 Å². The minimum atomic E-state index is -0.456. The molecule has 0 spiro atoms. The van der Waals surface area contributed by atoms with Gasteiger partial charge in [0.2, 0.25) is 5.13 Å². The number of nitrogens with zero attached hydrogens (tertiary/aromatic N) is 2. The fourth-order valence-corrected chi connectivity index (χ4v) is 2.17. The summed E-state index contributed by atoms with van der Waals surface area (Å²) in [6, 6.07) is 4.37. The molecule has 0 aliphatic rings. The molecular formula is C12H13FN4OS. The molecule has 1 heterocycles. The van der Waals surface area contributed by atoms with E-state index in [0.29, 0.717) is 11.7 Å². The van der Waals surface area contributed by atoms with Gasteiger partial charge in [-0.25, -0.2) is 4.39 Å². The van der Waals surface area contributed by atoms with Crippen molar-refractivity contribution in [2.75, 3.05) is 17.2 Å². The van der Waals surface area contributed by atoms with Crippen LogP contribution in [-0.4, -0.2) is 22.6 Å². The molecule has 0 saturated carbocycles. The van der Waals surface area contributed by atoms with Gasteiger partial charge in [-0.1, -0.05) is 17.4 Å². The third-order valence-corrected chi connectivity index (χ3v) is 3.11. The Bertz CT molecular complexity index is 599. The molecule has 1 aromatic carbocycles. The summed E-state index contributed by atoms with van der Waals surface area (Å²) >= 11 is 1.27. The second-order valence-corrected chi connectivity index (χ2v) is 4.95. The number of amides is 1. The number of carbonyl (C=O) groups is 1. The van der Waals surface area contributed by atoms with Gasteiger partial charge in [0.25, 0.3) is 5.91 Å². The predicted octanol–water partition coefficient (Wildman–Crippen LogP) is 2.67. The number of para-hydroxylation sites is 1. The van der Waals surface area contributed by atoms with Crippen LogP contribution >= 0.6 is 11.3 Å². The van der Waals surface area contributed by atoms with E-state index in [1.165, 1.54) is 23.5 Å². The van der Waals surface area contributed by atoms with Crippen LogP contribution in [0.3, 0.4) is 0 Å². The van der Waals surface area contributed by atoms with E-state index in [4.69, 9.17) is 0 Å². The third-order valence-electron chi connectivity index (χ3n) is 2.36. The van der Waals surface area contributed by atoms with Crippen LogP contribution in [0.25, 0.3) is 0 Å². The molecule has 0 saturated heterocycles. The lowest BCUT2D eigenvalue weighted by atomic mass is 10.1. The average molecular weight is 280 g/mol. The van der Waals surface area contributed by atoms with Gasteiger partial charge in [-0.05, 0) is 26.0 Å². The Hall–Kier alpha value is -2.02. The topological polar surface area (TPSA) is 66.9 Å². The van der Waals surface area contributed by atoms with Crippen LogP contribution in [0.1, 0.15) is 22.3 Å². The normalized spacial score (nSPS) is 10.3. The molecule has 1 amide bonds. The van der Waals surface area contributed by atoms with Gasteiger partial charge < -0.3 is 5.32 Å². The molecule has 7 heteroatoms. The zero-order chi connectivity index (χ0) is 13.8. The summed E-state index contributed by atoms with van der Waals surface area (Å²) in [4.78, 5) is 12.1. The predicted molar refractivity (Wildman–Crippen MR) is 73.2 cm³/mol. The molecular weight excluding hydrogens is 267 g/mol. The number of aryl methyl sites for hydroxylation is 1. The Morgan fingerprint density at radius 1 is 1.42 bits per heavy atom. The lowest BCUT2D eigenvalue weighted by molar-refractivity contribution is 0.102. The van der Waals surface area contributed by atoms with E-state index in [1.807, 2.05) is 6.92 Å². The summed E-state index contributed by atoms with van der Waals surface area (Å²) in [7, 11) is 0. The zero-order valence-electron chi connectivity index (χ0n) is 10.5. The first-order valence-electron chi connectivity index (χ1n) is 5.75. The fourth-order valence-electron chi connectivity index (χ4n) is 1.58. The second-order valence-electron chi connectivity index (χ2n) is 3.77. The molecule has 2 aromatic rings. The maximum absolute atomic E-state index is 13.7. The van der Waals surface area contributed by atoms with Crippen molar-refractivity contribution in [3.8, 4) is 0 Å². The Morgan fingerprint density at radius 2 is 2.21 bits per heavy atom. The molecule has 100 valence electrons. The third kappa shape index (κ3) is 3.05. The number of halogens is 1. The first kappa shape index (κ1) is 13.4. The van der Waals surface area contributed by atoms with Gasteiger partial charge in [-0.15, -0.1) is 10.2 Å². The molecule has 2 rings (SSSR count). The number of benzene rings is 1. The molecule has 19 heavy (non-hydrogen) atoms. The number of hydrogen-bond donors (Lipinski definition) is 2. The standard InChI is InChI=1S/C12H13FN4OS/c1-3-14-10-8(5-4-6-9(10)13)11(18)15-12-17-16-7(2)19-12/h4-6,14H,3H2,1-2H3,(H,15,17,18). The van der Waals surface area contributed by atoms with Crippen molar-refractivity contribution in [2.45, 2.75) is 13.8 Å². The highest BCUT2D eigenvalue weighted by Gasteiger charge is 2.16. The zero-order valence-corrected chi connectivity index (χ0v) is 11.3. The van der Waals surface area contributed by atoms with Crippen LogP contribution in [0.15, 0.2) is 18.2 Å². The maximum Gasteiger partial charge on any atom is 0.259 e. The molecule has 0 unspecified atom stereocenters. The van der Waals surface area contributed by atoms with Crippen LogP contribution in [0.2, 0.25) is 0 Å². The monoisotopic (exact) mass is 280 g/mol. The van der Waals surface area contributed by atoms with Gasteiger partial charge in [0.05, 0.1) is 11.3 Å². The highest BCUT2D eigenvalue weighted by atomic mass is 32.1. The highest BCUT2D eigenvalue weighted by molar-refractivity contribution is 7.15. The Balaban J connectivity index is 2.25. The van der Waals surface area contributed by atoms with E-state index in [0.717, 1.165) is 5.01 Å². The molecule has 0 radical (unpaired) electrons. The van der Waals surface area contributed by atoms with Gasteiger partial charge >= 0.3 is 0 Å². The smallest absolute Gasteiger partial charge is 0.259 e. The van der Waals surface area contributed by atoms with Crippen molar-refractivity contribution >= 4 is 28.1 Å². The fraction of sp³-hybridized carbons (Fsp3) is 0.250. The van der Waals surface area contributed by atoms with Gasteiger partial charge in [0.1, 0.15) is 10.8 Å². The lowest BCUT2D eigenvalue weighted by Gasteiger charge is -2.10. The molecule has 5 nitrogen and oxygen atoms in total. The van der Waals surface area contributed by atoms with Crippen molar-refractivity contribution in [3.05, 3.63) is 34.6 Å². The summed E-state index contributed by atoms with van der Waals surface area (Å²) < 4.78 is 13.7. The molecule has 0 bridgehead atoms. The van der Waals surface area contributed by atoms with E-state index in [1.54, 1.807) is 13.0 Å². The van der Waals surface area contributed by atoms with Gasteiger partial charge in [-0.3, -0.25) is 10.1 Å². The number of rotatable bonds is 4. The number of carbonyl (C=O) groups excluding carboxylic acids is 1. The maximum atomic E-state index is 13.7.